The van der Waals surface area contributed by atoms with Gasteiger partial charge in [-0.3, -0.25) is 14.6 Å². The highest BCUT2D eigenvalue weighted by atomic mass is 79.9. The Balaban J connectivity index is 1.57. The summed E-state index contributed by atoms with van der Waals surface area (Å²) in [6, 6.07) is 9.72. The molecule has 0 N–H and O–H groups in total. The highest BCUT2D eigenvalue weighted by molar-refractivity contribution is 9.12. The van der Waals surface area contributed by atoms with Gasteiger partial charge in [0.15, 0.2) is 0 Å². The van der Waals surface area contributed by atoms with Crippen molar-refractivity contribution in [1.29, 1.82) is 0 Å². The number of allylic oxidation sites excluding steroid dienone is 2. The molecule has 1 fully saturated rings. The number of hydrazine groups is 1. The molecule has 10 heteroatoms. The Morgan fingerprint density at radius 2 is 2.03 bits per heavy atom. The zero-order chi connectivity index (χ0) is 26.6. The minimum absolute atomic E-state index is 0.0623. The zero-order valence-corrected chi connectivity index (χ0v) is 24.4. The third-order valence-corrected chi connectivity index (χ3v) is 8.94. The molecule has 37 heavy (non-hydrogen) atoms. The van der Waals surface area contributed by atoms with Crippen LogP contribution >= 0.6 is 50.8 Å². The van der Waals surface area contributed by atoms with Gasteiger partial charge >= 0.3 is 5.30 Å². The largest absolute Gasteiger partial charge is 0.461 e. The van der Waals surface area contributed by atoms with Gasteiger partial charge in [0.2, 0.25) is 0 Å². The number of carbonyl (C=O) groups is 3. The van der Waals surface area contributed by atoms with E-state index in [0.717, 1.165) is 33.4 Å². The van der Waals surface area contributed by atoms with Gasteiger partial charge in [0.05, 0.1) is 7.11 Å². The SMILES string of the molecule is C=C/C(Br)=C(/CCN1C(=O)SCCN1CCC(=O)Cc1cccc(C#Cc2ccsc2)c1)SC(=O)OC. The molecule has 0 bridgehead atoms. The van der Waals surface area contributed by atoms with Crippen LogP contribution in [0.15, 0.2) is 63.1 Å². The van der Waals surface area contributed by atoms with Gasteiger partial charge in [0, 0.05) is 64.1 Å². The highest BCUT2D eigenvalue weighted by Crippen LogP contribution is 2.30. The molecule has 1 aromatic heterocycles. The number of halogens is 1. The molecule has 6 nitrogen and oxygen atoms in total. The van der Waals surface area contributed by atoms with Crippen LogP contribution in [0.1, 0.15) is 29.5 Å². The van der Waals surface area contributed by atoms with E-state index in [0.29, 0.717) is 49.1 Å². The lowest BCUT2D eigenvalue weighted by Gasteiger charge is -2.38. The monoisotopic (exact) mass is 618 g/mol. The van der Waals surface area contributed by atoms with Gasteiger partial charge < -0.3 is 4.74 Å². The number of methoxy groups -OCH3 is 1. The van der Waals surface area contributed by atoms with Gasteiger partial charge in [-0.05, 0) is 63.3 Å². The quantitative estimate of drug-likeness (QED) is 0.166. The van der Waals surface area contributed by atoms with Gasteiger partial charge in [0.1, 0.15) is 5.78 Å². The van der Waals surface area contributed by atoms with Crippen molar-refractivity contribution in [2.75, 3.05) is 32.5 Å². The number of benzene rings is 1. The number of ketones is 1. The fourth-order valence-electron chi connectivity index (χ4n) is 3.51. The second-order valence-electron chi connectivity index (χ2n) is 7.90. The first-order valence-electron chi connectivity index (χ1n) is 11.5. The van der Waals surface area contributed by atoms with Gasteiger partial charge in [-0.2, -0.15) is 11.3 Å². The highest BCUT2D eigenvalue weighted by Gasteiger charge is 2.27. The van der Waals surface area contributed by atoms with E-state index in [1.165, 1.54) is 18.9 Å². The summed E-state index contributed by atoms with van der Waals surface area (Å²) in [5, 5.41) is 7.10. The minimum atomic E-state index is -0.433. The minimum Gasteiger partial charge on any atom is -0.461 e. The van der Waals surface area contributed by atoms with E-state index in [1.54, 1.807) is 22.4 Å². The summed E-state index contributed by atoms with van der Waals surface area (Å²) < 4.78 is 5.44. The fourth-order valence-corrected chi connectivity index (χ4v) is 6.03. The van der Waals surface area contributed by atoms with Crippen molar-refractivity contribution in [1.82, 2.24) is 10.0 Å². The first-order chi connectivity index (χ1) is 17.9. The Morgan fingerprint density at radius 1 is 1.22 bits per heavy atom. The van der Waals surface area contributed by atoms with Crippen molar-refractivity contribution in [3.8, 4) is 11.8 Å². The maximum atomic E-state index is 12.8. The number of ether oxygens (including phenoxy) is 1. The van der Waals surface area contributed by atoms with E-state index in [4.69, 9.17) is 4.74 Å². The van der Waals surface area contributed by atoms with E-state index >= 15 is 0 Å². The number of hydrogen-bond donors (Lipinski definition) is 0. The summed E-state index contributed by atoms with van der Waals surface area (Å²) >= 11 is 7.25. The van der Waals surface area contributed by atoms with Gasteiger partial charge in [0.25, 0.3) is 5.24 Å². The molecule has 194 valence electrons. The average Bonchev–Trinajstić information content (AvgIpc) is 3.43. The Hall–Kier alpha value is -2.29. The number of hydrogen-bond acceptors (Lipinski definition) is 8. The Morgan fingerprint density at radius 3 is 2.76 bits per heavy atom. The van der Waals surface area contributed by atoms with Crippen LogP contribution in [0.3, 0.4) is 0 Å². The molecule has 2 aromatic rings. The number of rotatable bonds is 10. The van der Waals surface area contributed by atoms with Crippen molar-refractivity contribution in [2.45, 2.75) is 19.3 Å². The second kappa shape index (κ2) is 15.2. The lowest BCUT2D eigenvalue weighted by atomic mass is 10.0. The number of amides is 1. The Labute approximate surface area is 238 Å². The van der Waals surface area contributed by atoms with Crippen molar-refractivity contribution in [3.05, 3.63) is 79.8 Å². The molecule has 0 unspecified atom stereocenters. The Bertz CT molecular complexity index is 1220. The second-order valence-corrected chi connectivity index (χ2v) is 11.6. The first kappa shape index (κ1) is 29.3. The summed E-state index contributed by atoms with van der Waals surface area (Å²) in [5.41, 5.74) is 2.78. The molecular weight excluding hydrogens is 592 g/mol. The van der Waals surface area contributed by atoms with Crippen LogP contribution in [0.2, 0.25) is 0 Å². The maximum Gasteiger partial charge on any atom is 0.371 e. The summed E-state index contributed by atoms with van der Waals surface area (Å²) in [6.45, 7) is 5.24. The van der Waals surface area contributed by atoms with E-state index in [9.17, 15) is 14.4 Å². The van der Waals surface area contributed by atoms with Crippen LogP contribution < -0.4 is 0 Å². The number of thioether (sulfide) groups is 2. The number of nitrogens with zero attached hydrogens (tertiary/aromatic N) is 2. The standard InChI is InChI=1S/C27H27BrN2O4S3/c1-3-24(28)25(37-27(33)34-2)10-13-30-26(32)36-16-14-29(30)12-9-23(31)18-22-6-4-5-20(17-22)7-8-21-11-15-35-19-21/h3-6,11,15,17,19H,1,9-10,12-14,16,18H2,2H3/b25-24+. The van der Waals surface area contributed by atoms with Crippen molar-refractivity contribution >= 4 is 67.1 Å². The molecule has 1 aliphatic heterocycles. The molecular formula is C27H27BrN2O4S3. The molecule has 1 amide bonds. The van der Waals surface area contributed by atoms with Crippen molar-refractivity contribution < 1.29 is 19.1 Å². The molecule has 0 saturated carbocycles. The van der Waals surface area contributed by atoms with Crippen molar-refractivity contribution in [2.24, 2.45) is 0 Å². The molecule has 0 atom stereocenters. The third-order valence-electron chi connectivity index (χ3n) is 5.35. The lowest BCUT2D eigenvalue weighted by Crippen LogP contribution is -2.50. The number of carbonyl (C=O) groups excluding carboxylic acids is 3. The predicted octanol–water partition coefficient (Wildman–Crippen LogP) is 6.72. The summed E-state index contributed by atoms with van der Waals surface area (Å²) in [6.07, 6.45) is 2.70. The third kappa shape index (κ3) is 9.51. The number of thiophene rings is 1. The first-order valence-corrected chi connectivity index (χ1v) is 15.0. The van der Waals surface area contributed by atoms with Crippen LogP contribution in [-0.4, -0.2) is 58.8 Å². The topological polar surface area (TPSA) is 66.9 Å². The van der Waals surface area contributed by atoms with Gasteiger partial charge in [-0.25, -0.2) is 9.80 Å². The molecule has 1 aliphatic rings. The zero-order valence-electron chi connectivity index (χ0n) is 20.4. The average molecular weight is 620 g/mol. The Kier molecular flexibility index (Phi) is 12.0. The van der Waals surface area contributed by atoms with E-state index in [-0.39, 0.29) is 11.0 Å². The van der Waals surface area contributed by atoms with Gasteiger partial charge in [-0.15, -0.1) is 0 Å². The molecule has 0 aliphatic carbocycles. The van der Waals surface area contributed by atoms with Crippen molar-refractivity contribution in [3.63, 3.8) is 0 Å². The van der Waals surface area contributed by atoms with E-state index < -0.39 is 5.30 Å². The van der Waals surface area contributed by atoms with Gasteiger partial charge in [-0.1, -0.05) is 48.4 Å². The number of Topliss-reactive ketones (excluding diaryl/α,β-unsaturated/α-hetero) is 1. The summed E-state index contributed by atoms with van der Waals surface area (Å²) in [4.78, 5) is 38.0. The molecule has 2 heterocycles. The predicted molar refractivity (Wildman–Crippen MR) is 157 cm³/mol. The van der Waals surface area contributed by atoms with Crippen LogP contribution in [0.25, 0.3) is 0 Å². The van der Waals surface area contributed by atoms with Crippen LogP contribution in [0, 0.1) is 11.8 Å². The van der Waals surface area contributed by atoms with Crippen LogP contribution in [0.4, 0.5) is 9.59 Å². The maximum absolute atomic E-state index is 12.8. The lowest BCUT2D eigenvalue weighted by molar-refractivity contribution is -0.119. The van der Waals surface area contributed by atoms with Crippen LogP contribution in [0.5, 0.6) is 0 Å². The smallest absolute Gasteiger partial charge is 0.371 e. The molecule has 3 rings (SSSR count). The van der Waals surface area contributed by atoms with E-state index in [1.807, 2.05) is 46.1 Å². The fraction of sp³-hybridized carbons (Fsp3) is 0.296. The summed E-state index contributed by atoms with van der Waals surface area (Å²) in [5.74, 6) is 7.06. The molecule has 1 aromatic carbocycles. The van der Waals surface area contributed by atoms with Crippen LogP contribution in [-0.2, 0) is 16.0 Å². The molecule has 0 spiro atoms. The summed E-state index contributed by atoms with van der Waals surface area (Å²) in [7, 11) is 1.33. The molecule has 0 radical (unpaired) electrons. The molecule has 1 saturated heterocycles. The normalized spacial score (nSPS) is 14.4. The van der Waals surface area contributed by atoms with E-state index in [2.05, 4.69) is 34.3 Å².